The maximum Gasteiger partial charge on any atom is 0.246 e. The van der Waals surface area contributed by atoms with Crippen molar-refractivity contribution in [2.75, 3.05) is 19.9 Å². The maximum atomic E-state index is 13.8. The van der Waals surface area contributed by atoms with Crippen LogP contribution in [0.4, 0.5) is 4.39 Å². The Morgan fingerprint density at radius 3 is 2.29 bits per heavy atom. The zero-order chi connectivity index (χ0) is 25.2. The van der Waals surface area contributed by atoms with Crippen LogP contribution in [0.3, 0.4) is 0 Å². The van der Waals surface area contributed by atoms with Crippen molar-refractivity contribution in [3.8, 4) is 0 Å². The lowest BCUT2D eigenvalue weighted by molar-refractivity contribution is -0.142. The van der Waals surface area contributed by atoms with Crippen molar-refractivity contribution in [3.05, 3.63) is 0 Å². The van der Waals surface area contributed by atoms with Crippen LogP contribution in [0.25, 0.3) is 0 Å². The van der Waals surface area contributed by atoms with Gasteiger partial charge in [-0.1, -0.05) is 0 Å². The van der Waals surface area contributed by atoms with Crippen molar-refractivity contribution < 1.29 is 28.6 Å². The van der Waals surface area contributed by atoms with E-state index in [-0.39, 0.29) is 55.7 Å². The first kappa shape index (κ1) is 27.0. The number of ether oxygens (including phenoxy) is 2. The van der Waals surface area contributed by atoms with Gasteiger partial charge in [0.2, 0.25) is 11.8 Å². The van der Waals surface area contributed by atoms with E-state index in [1.807, 2.05) is 13.8 Å². The van der Waals surface area contributed by atoms with E-state index in [4.69, 9.17) is 21.1 Å². The summed E-state index contributed by atoms with van der Waals surface area (Å²) in [7, 11) is 0. The molecule has 4 saturated carbocycles. The lowest BCUT2D eigenvalue weighted by Crippen LogP contribution is -2.70. The van der Waals surface area contributed by atoms with Crippen LogP contribution >= 0.6 is 11.6 Å². The first-order valence-corrected chi connectivity index (χ1v) is 13.3. The summed E-state index contributed by atoms with van der Waals surface area (Å²) in [4.78, 5) is 25.3. The molecule has 0 spiro atoms. The molecule has 2 bridgehead atoms. The first-order chi connectivity index (χ1) is 16.6. The Morgan fingerprint density at radius 1 is 1.03 bits per heavy atom. The number of hydrogen-bond acceptors (Lipinski definition) is 7. The second-order valence-corrected chi connectivity index (χ2v) is 11.5. The molecule has 4 aliphatic carbocycles. The molecule has 11 heteroatoms. The predicted molar refractivity (Wildman–Crippen MR) is 129 cm³/mol. The lowest BCUT2D eigenvalue weighted by Gasteiger charge is -2.56. The van der Waals surface area contributed by atoms with E-state index in [9.17, 15) is 19.1 Å². The molecule has 0 radical (unpaired) electrons. The third-order valence-corrected chi connectivity index (χ3v) is 8.94. The number of alkyl halides is 2. The van der Waals surface area contributed by atoms with Crippen LogP contribution < -0.4 is 21.3 Å². The number of fused-ring (bicyclic) bond motifs is 3. The molecule has 6 atom stereocenters. The summed E-state index contributed by atoms with van der Waals surface area (Å²) in [6, 6.07) is 0.267. The number of aliphatic hydroxyl groups excluding tert-OH is 1. The van der Waals surface area contributed by atoms with Crippen molar-refractivity contribution in [2.24, 2.45) is 0 Å². The van der Waals surface area contributed by atoms with Crippen molar-refractivity contribution >= 4 is 23.4 Å². The van der Waals surface area contributed by atoms with Gasteiger partial charge < -0.3 is 25.2 Å². The fourth-order valence-electron chi connectivity index (χ4n) is 6.20. The molecular weight excluding hydrogens is 479 g/mol. The number of hydrogen-bond donors (Lipinski definition) is 5. The van der Waals surface area contributed by atoms with Gasteiger partial charge in [-0.15, -0.1) is 11.6 Å². The summed E-state index contributed by atoms with van der Waals surface area (Å²) in [6.45, 7) is 4.57. The highest BCUT2D eigenvalue weighted by Gasteiger charge is 2.55. The monoisotopic (exact) mass is 518 g/mol. The summed E-state index contributed by atoms with van der Waals surface area (Å²) < 4.78 is 25.3. The van der Waals surface area contributed by atoms with E-state index in [1.54, 1.807) is 0 Å². The van der Waals surface area contributed by atoms with Crippen LogP contribution in [-0.2, 0) is 19.1 Å². The Balaban J connectivity index is 1.22. The van der Waals surface area contributed by atoms with Crippen LogP contribution in [-0.4, -0.2) is 89.8 Å². The third kappa shape index (κ3) is 6.27. The SMILES string of the molecule is CC1NCNC(C)C1OCC(=O)NC12CCC(NC(=O)COC3CCC(Cl)C(F)C3)(CC1)C[C@@H]2O. The number of aliphatic hydroxyl groups is 1. The molecule has 0 aromatic heterocycles. The number of nitrogens with one attached hydrogen (secondary N) is 4. The van der Waals surface area contributed by atoms with Gasteiger partial charge in [0.1, 0.15) is 19.4 Å². The first-order valence-electron chi connectivity index (χ1n) is 12.9. The number of rotatable bonds is 8. The van der Waals surface area contributed by atoms with E-state index >= 15 is 0 Å². The molecule has 5 fully saturated rings. The van der Waals surface area contributed by atoms with Crippen LogP contribution in [0.5, 0.6) is 0 Å². The molecule has 2 amide bonds. The fourth-order valence-corrected chi connectivity index (χ4v) is 6.43. The van der Waals surface area contributed by atoms with E-state index in [1.165, 1.54) is 0 Å². The van der Waals surface area contributed by atoms with Crippen molar-refractivity contribution in [1.82, 2.24) is 21.3 Å². The van der Waals surface area contributed by atoms with Crippen LogP contribution in [0.1, 0.15) is 65.2 Å². The second kappa shape index (κ2) is 11.1. The van der Waals surface area contributed by atoms with Crippen LogP contribution in [0.2, 0.25) is 0 Å². The molecule has 5 N–H and O–H groups in total. The Morgan fingerprint density at radius 2 is 1.66 bits per heavy atom. The highest BCUT2D eigenvalue weighted by atomic mass is 35.5. The molecular formula is C24H40ClFN4O5. The highest BCUT2D eigenvalue weighted by Crippen LogP contribution is 2.47. The minimum atomic E-state index is -1.11. The summed E-state index contributed by atoms with van der Waals surface area (Å²) in [5, 5.41) is 23.1. The Hall–Kier alpha value is -1.04. The van der Waals surface area contributed by atoms with E-state index in [0.29, 0.717) is 51.6 Å². The Labute approximate surface area is 211 Å². The smallest absolute Gasteiger partial charge is 0.246 e. The van der Waals surface area contributed by atoms with E-state index in [0.717, 1.165) is 0 Å². The van der Waals surface area contributed by atoms with Gasteiger partial charge in [-0.05, 0) is 58.8 Å². The summed E-state index contributed by atoms with van der Waals surface area (Å²) in [5.41, 5.74) is -1.20. The Bertz CT molecular complexity index is 758. The molecule has 0 aromatic carbocycles. The largest absolute Gasteiger partial charge is 0.391 e. The van der Waals surface area contributed by atoms with Gasteiger partial charge in [0.25, 0.3) is 0 Å². The highest BCUT2D eigenvalue weighted by molar-refractivity contribution is 6.21. The van der Waals surface area contributed by atoms with E-state index < -0.39 is 28.7 Å². The average Bonchev–Trinajstić information content (AvgIpc) is 2.81. The fraction of sp³-hybridized carbons (Fsp3) is 0.917. The molecule has 1 heterocycles. The van der Waals surface area contributed by atoms with Gasteiger partial charge in [0.05, 0.1) is 29.2 Å². The Kier molecular flexibility index (Phi) is 8.60. The molecule has 9 nitrogen and oxygen atoms in total. The summed E-state index contributed by atoms with van der Waals surface area (Å²) in [5.74, 6) is -0.496. The summed E-state index contributed by atoms with van der Waals surface area (Å²) >= 11 is 5.91. The zero-order valence-electron chi connectivity index (χ0n) is 20.7. The van der Waals surface area contributed by atoms with Gasteiger partial charge in [0.15, 0.2) is 0 Å². The van der Waals surface area contributed by atoms with Gasteiger partial charge in [-0.2, -0.15) is 0 Å². The topological polar surface area (TPSA) is 121 Å². The average molecular weight is 519 g/mol. The predicted octanol–water partition coefficient (Wildman–Crippen LogP) is 0.862. The molecule has 1 saturated heterocycles. The molecule has 5 aliphatic rings. The lowest BCUT2D eigenvalue weighted by atomic mass is 9.60. The summed E-state index contributed by atoms with van der Waals surface area (Å²) in [6.07, 6.45) is 1.92. The van der Waals surface area contributed by atoms with Gasteiger partial charge in [-0.3, -0.25) is 20.2 Å². The van der Waals surface area contributed by atoms with E-state index in [2.05, 4.69) is 21.3 Å². The molecule has 5 rings (SSSR count). The van der Waals surface area contributed by atoms with Crippen molar-refractivity contribution in [3.63, 3.8) is 0 Å². The molecule has 35 heavy (non-hydrogen) atoms. The van der Waals surface area contributed by atoms with Crippen LogP contribution in [0, 0.1) is 0 Å². The number of carbonyl (C=O) groups is 2. The number of carbonyl (C=O) groups excluding carboxylic acids is 2. The number of amides is 2. The van der Waals surface area contributed by atoms with Gasteiger partial charge in [0, 0.05) is 30.7 Å². The van der Waals surface area contributed by atoms with Gasteiger partial charge >= 0.3 is 0 Å². The standard InChI is InChI=1S/C24H40ClFN4O5/c1-14-22(15(2)28-13-27-14)35-12-21(33)30-24-7-5-23(6-8-24,10-19(24)31)29-20(32)11-34-16-3-4-17(25)18(26)9-16/h14-19,22,27-28,31H,3-13H2,1-2H3,(H,29,32)(H,30,33)/t14?,15?,16?,17?,18?,19-,22?,23?,24?/m0/s1. The number of halogens is 2. The van der Waals surface area contributed by atoms with Gasteiger partial charge in [-0.25, -0.2) is 4.39 Å². The normalized spacial score (nSPS) is 43.5. The quantitative estimate of drug-likeness (QED) is 0.302. The minimum absolute atomic E-state index is 0.0677. The second-order valence-electron chi connectivity index (χ2n) is 11.0. The van der Waals surface area contributed by atoms with Crippen molar-refractivity contribution in [1.29, 1.82) is 0 Å². The van der Waals surface area contributed by atoms with Crippen LogP contribution in [0.15, 0.2) is 0 Å². The molecule has 1 aliphatic heterocycles. The zero-order valence-corrected chi connectivity index (χ0v) is 21.4. The maximum absolute atomic E-state index is 13.8. The molecule has 200 valence electrons. The molecule has 0 aromatic rings. The third-order valence-electron chi connectivity index (χ3n) is 8.45. The minimum Gasteiger partial charge on any atom is -0.391 e. The molecule has 5 unspecified atom stereocenters. The van der Waals surface area contributed by atoms with Crippen molar-refractivity contribution in [2.45, 2.75) is 118 Å².